The lowest BCUT2D eigenvalue weighted by molar-refractivity contribution is -0.385. The van der Waals surface area contributed by atoms with Gasteiger partial charge >= 0.3 is 0 Å². The molecule has 0 amide bonds. The molecule has 5 heteroatoms. The smallest absolute Gasteiger partial charge is 0.273 e. The number of rotatable bonds is 4. The summed E-state index contributed by atoms with van der Waals surface area (Å²) in [5.41, 5.74) is 0.879. The Morgan fingerprint density at radius 3 is 2.84 bits per heavy atom. The van der Waals surface area contributed by atoms with Crippen LogP contribution in [0.4, 0.5) is 5.69 Å². The van der Waals surface area contributed by atoms with Crippen molar-refractivity contribution >= 4 is 11.5 Å². The molecule has 0 saturated carbocycles. The van der Waals surface area contributed by atoms with E-state index in [0.29, 0.717) is 31.8 Å². The van der Waals surface area contributed by atoms with Crippen molar-refractivity contribution in [1.29, 1.82) is 0 Å². The fraction of sp³-hybridized carbons (Fsp3) is 0.500. The number of nitro groups is 1. The molecule has 1 fully saturated rings. The van der Waals surface area contributed by atoms with Crippen LogP contribution in [0.1, 0.15) is 25.3 Å². The van der Waals surface area contributed by atoms with E-state index in [9.17, 15) is 14.9 Å². The molecule has 1 atom stereocenters. The minimum atomic E-state index is -0.345. The Hall–Kier alpha value is -1.75. The first-order valence-corrected chi connectivity index (χ1v) is 6.59. The monoisotopic (exact) mass is 262 g/mol. The molecule has 0 aliphatic carbocycles. The predicted molar refractivity (Wildman–Crippen MR) is 71.8 cm³/mol. The Kier molecular flexibility index (Phi) is 4.27. The summed E-state index contributed by atoms with van der Waals surface area (Å²) >= 11 is 0. The van der Waals surface area contributed by atoms with Crippen LogP contribution in [-0.4, -0.2) is 28.7 Å². The van der Waals surface area contributed by atoms with Crippen molar-refractivity contribution in [2.24, 2.45) is 5.92 Å². The number of nitro benzene ring substituents is 1. The van der Waals surface area contributed by atoms with Crippen molar-refractivity contribution in [2.45, 2.75) is 26.3 Å². The van der Waals surface area contributed by atoms with E-state index < -0.39 is 0 Å². The Balaban J connectivity index is 2.09. The Labute approximate surface area is 112 Å². The van der Waals surface area contributed by atoms with Gasteiger partial charge in [-0.25, -0.2) is 0 Å². The molecule has 1 heterocycles. The van der Waals surface area contributed by atoms with Crippen molar-refractivity contribution in [3.63, 3.8) is 0 Å². The molecule has 5 nitrogen and oxygen atoms in total. The number of carbonyl (C=O) groups excluding carboxylic acids is 1. The standard InChI is InChI=1S/C14H18N2O3/c1-2-11-9-15(8-7-14(11)17)10-12-5-3-4-6-13(12)16(18)19/h3-6,11H,2,7-10H2,1H3. The van der Waals surface area contributed by atoms with E-state index in [1.54, 1.807) is 12.1 Å². The van der Waals surface area contributed by atoms with Gasteiger partial charge in [0.2, 0.25) is 0 Å². The number of carbonyl (C=O) groups is 1. The average molecular weight is 262 g/mol. The number of ketones is 1. The van der Waals surface area contributed by atoms with Crippen LogP contribution >= 0.6 is 0 Å². The molecule has 19 heavy (non-hydrogen) atoms. The molecule has 1 aromatic rings. The van der Waals surface area contributed by atoms with Gasteiger partial charge in [0, 0.05) is 43.6 Å². The summed E-state index contributed by atoms with van der Waals surface area (Å²) in [5.74, 6) is 0.401. The highest BCUT2D eigenvalue weighted by Gasteiger charge is 2.26. The van der Waals surface area contributed by atoms with Crippen LogP contribution < -0.4 is 0 Å². The van der Waals surface area contributed by atoms with E-state index in [4.69, 9.17) is 0 Å². The third-order valence-electron chi connectivity index (χ3n) is 3.68. The van der Waals surface area contributed by atoms with Crippen LogP contribution in [0, 0.1) is 16.0 Å². The molecule has 0 aromatic heterocycles. The molecule has 1 unspecified atom stereocenters. The first kappa shape index (κ1) is 13.7. The van der Waals surface area contributed by atoms with Crippen LogP contribution in [-0.2, 0) is 11.3 Å². The van der Waals surface area contributed by atoms with E-state index in [1.807, 2.05) is 13.0 Å². The first-order valence-electron chi connectivity index (χ1n) is 6.59. The molecule has 1 aromatic carbocycles. The molecule has 0 radical (unpaired) electrons. The summed E-state index contributed by atoms with van der Waals surface area (Å²) in [6.45, 7) is 3.96. The molecule has 2 rings (SSSR count). The fourth-order valence-electron chi connectivity index (χ4n) is 2.54. The second-order valence-corrected chi connectivity index (χ2v) is 4.94. The minimum absolute atomic E-state index is 0.0801. The first-order chi connectivity index (χ1) is 9.11. The van der Waals surface area contributed by atoms with Gasteiger partial charge in [0.05, 0.1) is 4.92 Å². The lowest BCUT2D eigenvalue weighted by atomic mass is 9.94. The van der Waals surface area contributed by atoms with Crippen molar-refractivity contribution in [2.75, 3.05) is 13.1 Å². The highest BCUT2D eigenvalue weighted by Crippen LogP contribution is 2.23. The zero-order valence-corrected chi connectivity index (χ0v) is 11.0. The third kappa shape index (κ3) is 3.17. The van der Waals surface area contributed by atoms with E-state index in [0.717, 1.165) is 12.0 Å². The molecular weight excluding hydrogens is 244 g/mol. The third-order valence-corrected chi connectivity index (χ3v) is 3.68. The average Bonchev–Trinajstić information content (AvgIpc) is 2.41. The van der Waals surface area contributed by atoms with Gasteiger partial charge in [0.1, 0.15) is 5.78 Å². The normalized spacial score (nSPS) is 20.5. The number of piperidine rings is 1. The van der Waals surface area contributed by atoms with E-state index in [-0.39, 0.29) is 16.5 Å². The van der Waals surface area contributed by atoms with Gasteiger partial charge in [0.25, 0.3) is 5.69 Å². The molecule has 102 valence electrons. The van der Waals surface area contributed by atoms with Gasteiger partial charge in [-0.05, 0) is 6.42 Å². The maximum absolute atomic E-state index is 11.7. The van der Waals surface area contributed by atoms with Gasteiger partial charge in [0.15, 0.2) is 0 Å². The molecule has 1 aliphatic rings. The Morgan fingerprint density at radius 2 is 2.16 bits per heavy atom. The molecule has 0 bridgehead atoms. The minimum Gasteiger partial charge on any atom is -0.299 e. The second-order valence-electron chi connectivity index (χ2n) is 4.94. The molecule has 0 spiro atoms. The largest absolute Gasteiger partial charge is 0.299 e. The summed E-state index contributed by atoms with van der Waals surface area (Å²) in [6, 6.07) is 6.81. The van der Waals surface area contributed by atoms with Crippen molar-refractivity contribution in [1.82, 2.24) is 4.90 Å². The van der Waals surface area contributed by atoms with Crippen molar-refractivity contribution < 1.29 is 9.72 Å². The van der Waals surface area contributed by atoms with Crippen LogP contribution in [0.15, 0.2) is 24.3 Å². The number of likely N-dealkylation sites (tertiary alicyclic amines) is 1. The Bertz CT molecular complexity index is 487. The molecular formula is C14H18N2O3. The van der Waals surface area contributed by atoms with Gasteiger partial charge in [-0.1, -0.05) is 25.1 Å². The number of hydrogen-bond acceptors (Lipinski definition) is 4. The number of hydrogen-bond donors (Lipinski definition) is 0. The Morgan fingerprint density at radius 1 is 1.42 bits per heavy atom. The van der Waals surface area contributed by atoms with Crippen LogP contribution in [0.3, 0.4) is 0 Å². The lowest BCUT2D eigenvalue weighted by Crippen LogP contribution is -2.40. The van der Waals surface area contributed by atoms with Gasteiger partial charge < -0.3 is 0 Å². The highest BCUT2D eigenvalue weighted by molar-refractivity contribution is 5.82. The summed E-state index contributed by atoms with van der Waals surface area (Å²) in [4.78, 5) is 24.4. The second kappa shape index (κ2) is 5.93. The van der Waals surface area contributed by atoms with Crippen molar-refractivity contribution in [3.05, 3.63) is 39.9 Å². The topological polar surface area (TPSA) is 63.4 Å². The molecule has 1 aliphatic heterocycles. The number of nitrogens with zero attached hydrogens (tertiary/aromatic N) is 2. The van der Waals surface area contributed by atoms with Crippen molar-refractivity contribution in [3.8, 4) is 0 Å². The van der Waals surface area contributed by atoms with Crippen LogP contribution in [0.5, 0.6) is 0 Å². The van der Waals surface area contributed by atoms with E-state index in [1.165, 1.54) is 6.07 Å². The van der Waals surface area contributed by atoms with Gasteiger partial charge in [-0.3, -0.25) is 19.8 Å². The number of para-hydroxylation sites is 1. The maximum Gasteiger partial charge on any atom is 0.273 e. The molecule has 0 N–H and O–H groups in total. The fourth-order valence-corrected chi connectivity index (χ4v) is 2.54. The van der Waals surface area contributed by atoms with E-state index in [2.05, 4.69) is 4.90 Å². The number of benzene rings is 1. The summed E-state index contributed by atoms with van der Waals surface area (Å²) < 4.78 is 0. The quantitative estimate of drug-likeness (QED) is 0.617. The zero-order valence-electron chi connectivity index (χ0n) is 11.0. The van der Waals surface area contributed by atoms with Crippen LogP contribution in [0.25, 0.3) is 0 Å². The maximum atomic E-state index is 11.7. The van der Waals surface area contributed by atoms with Gasteiger partial charge in [-0.2, -0.15) is 0 Å². The highest BCUT2D eigenvalue weighted by atomic mass is 16.6. The summed E-state index contributed by atoms with van der Waals surface area (Å²) in [6.07, 6.45) is 1.39. The summed E-state index contributed by atoms with van der Waals surface area (Å²) in [5, 5.41) is 11.0. The molecule has 1 saturated heterocycles. The van der Waals surface area contributed by atoms with Gasteiger partial charge in [-0.15, -0.1) is 0 Å². The summed E-state index contributed by atoms with van der Waals surface area (Å²) in [7, 11) is 0. The van der Waals surface area contributed by atoms with Crippen LogP contribution in [0.2, 0.25) is 0 Å². The van der Waals surface area contributed by atoms with E-state index >= 15 is 0 Å². The lowest BCUT2D eigenvalue weighted by Gasteiger charge is -2.31. The zero-order chi connectivity index (χ0) is 13.8. The SMILES string of the molecule is CCC1CN(Cc2ccccc2[N+](=O)[O-])CCC1=O. The predicted octanol–water partition coefficient (Wildman–Crippen LogP) is 2.40. The number of Topliss-reactive ketones (excluding diaryl/α,β-unsaturated/α-hetero) is 1.